The van der Waals surface area contributed by atoms with Crippen LogP contribution >= 0.6 is 0 Å². The summed E-state index contributed by atoms with van der Waals surface area (Å²) < 4.78 is 6.50. The van der Waals surface area contributed by atoms with Crippen molar-refractivity contribution in [2.24, 2.45) is 0 Å². The molecule has 1 heterocycles. The first-order valence-corrected chi connectivity index (χ1v) is 20.5. The van der Waals surface area contributed by atoms with Crippen LogP contribution in [-0.4, -0.2) is 0 Å². The van der Waals surface area contributed by atoms with Crippen molar-refractivity contribution in [3.8, 4) is 55.6 Å². The standard InChI is InChI=1S/C58H39NO/c1-4-13-40(14-5-1)42-23-25-43(26-24-42)44-27-32-50(33-28-44)59(49-19-8-3-9-20-49)51-34-29-45(30-35-51)47-31-36-52-55(38-47)54(39-57-58(52)53-21-10-11-22-56(53)60-57)48-18-12-17-46(37-48)41-15-6-2-7-16-41/h1-39H. The van der Waals surface area contributed by atoms with E-state index in [4.69, 9.17) is 4.42 Å². The van der Waals surface area contributed by atoms with Crippen LogP contribution in [0.3, 0.4) is 0 Å². The van der Waals surface area contributed by atoms with Crippen LogP contribution in [0.5, 0.6) is 0 Å². The van der Waals surface area contributed by atoms with Gasteiger partial charge in [-0.15, -0.1) is 0 Å². The lowest BCUT2D eigenvalue weighted by atomic mass is 9.91. The molecule has 0 atom stereocenters. The first-order chi connectivity index (χ1) is 29.7. The Morgan fingerprint density at radius 3 is 1.32 bits per heavy atom. The number of para-hydroxylation sites is 2. The lowest BCUT2D eigenvalue weighted by Crippen LogP contribution is -2.09. The van der Waals surface area contributed by atoms with E-state index >= 15 is 0 Å². The zero-order chi connectivity index (χ0) is 39.8. The number of furan rings is 1. The molecule has 60 heavy (non-hydrogen) atoms. The van der Waals surface area contributed by atoms with Gasteiger partial charge in [0.05, 0.1) is 0 Å². The van der Waals surface area contributed by atoms with E-state index in [1.54, 1.807) is 0 Å². The maximum Gasteiger partial charge on any atom is 0.136 e. The number of benzene rings is 10. The molecule has 2 heteroatoms. The van der Waals surface area contributed by atoms with Gasteiger partial charge in [-0.3, -0.25) is 0 Å². The van der Waals surface area contributed by atoms with E-state index < -0.39 is 0 Å². The molecule has 11 rings (SSSR count). The van der Waals surface area contributed by atoms with Gasteiger partial charge in [-0.2, -0.15) is 0 Å². The van der Waals surface area contributed by atoms with Gasteiger partial charge in [0.15, 0.2) is 0 Å². The predicted octanol–water partition coefficient (Wildman–Crippen LogP) is 16.5. The Balaban J connectivity index is 0.967. The van der Waals surface area contributed by atoms with Gasteiger partial charge in [0.2, 0.25) is 0 Å². The van der Waals surface area contributed by atoms with Crippen LogP contribution in [0.4, 0.5) is 17.1 Å². The van der Waals surface area contributed by atoms with Crippen molar-refractivity contribution in [2.45, 2.75) is 0 Å². The third kappa shape index (κ3) is 6.51. The van der Waals surface area contributed by atoms with Crippen LogP contribution in [0, 0.1) is 0 Å². The molecule has 0 N–H and O–H groups in total. The summed E-state index contributed by atoms with van der Waals surface area (Å²) in [7, 11) is 0. The predicted molar refractivity (Wildman–Crippen MR) is 253 cm³/mol. The lowest BCUT2D eigenvalue weighted by Gasteiger charge is -2.26. The van der Waals surface area contributed by atoms with E-state index in [2.05, 4.69) is 235 Å². The summed E-state index contributed by atoms with van der Waals surface area (Å²) in [6.45, 7) is 0. The largest absolute Gasteiger partial charge is 0.456 e. The first kappa shape index (κ1) is 35.2. The summed E-state index contributed by atoms with van der Waals surface area (Å²) in [6.07, 6.45) is 0. The average molecular weight is 766 g/mol. The molecule has 0 aliphatic carbocycles. The Kier molecular flexibility index (Phi) is 8.87. The molecule has 2 nitrogen and oxygen atoms in total. The number of hydrogen-bond acceptors (Lipinski definition) is 2. The van der Waals surface area contributed by atoms with Crippen LogP contribution in [-0.2, 0) is 0 Å². The first-order valence-electron chi connectivity index (χ1n) is 20.5. The summed E-state index contributed by atoms with van der Waals surface area (Å²) in [5, 5.41) is 4.67. The second-order valence-corrected chi connectivity index (χ2v) is 15.3. The van der Waals surface area contributed by atoms with Crippen molar-refractivity contribution >= 4 is 49.8 Å². The summed E-state index contributed by atoms with van der Waals surface area (Å²) in [4.78, 5) is 2.32. The smallest absolute Gasteiger partial charge is 0.136 e. The normalized spacial score (nSPS) is 11.3. The average Bonchev–Trinajstić information content (AvgIpc) is 3.71. The van der Waals surface area contributed by atoms with Gasteiger partial charge in [0, 0.05) is 27.8 Å². The van der Waals surface area contributed by atoms with E-state index in [0.717, 1.165) is 61.3 Å². The minimum atomic E-state index is 0.899. The highest BCUT2D eigenvalue weighted by atomic mass is 16.3. The number of fused-ring (bicyclic) bond motifs is 5. The molecular weight excluding hydrogens is 727 g/mol. The topological polar surface area (TPSA) is 16.4 Å². The van der Waals surface area contributed by atoms with Crippen molar-refractivity contribution in [1.82, 2.24) is 0 Å². The Bertz CT molecular complexity index is 3260. The molecule has 0 radical (unpaired) electrons. The van der Waals surface area contributed by atoms with Crippen molar-refractivity contribution in [3.63, 3.8) is 0 Å². The molecule has 0 saturated carbocycles. The van der Waals surface area contributed by atoms with E-state index in [0.29, 0.717) is 0 Å². The third-order valence-corrected chi connectivity index (χ3v) is 11.7. The Morgan fingerprint density at radius 2 is 0.683 bits per heavy atom. The number of anilines is 3. The van der Waals surface area contributed by atoms with Crippen molar-refractivity contribution < 1.29 is 4.42 Å². The summed E-state index contributed by atoms with van der Waals surface area (Å²) in [5.74, 6) is 0. The van der Waals surface area contributed by atoms with Gasteiger partial charge in [0.25, 0.3) is 0 Å². The van der Waals surface area contributed by atoms with Crippen LogP contribution in [0.25, 0.3) is 88.3 Å². The maximum absolute atomic E-state index is 6.50. The summed E-state index contributed by atoms with van der Waals surface area (Å²) in [5.41, 5.74) is 16.9. The maximum atomic E-state index is 6.50. The van der Waals surface area contributed by atoms with Crippen LogP contribution < -0.4 is 4.90 Å². The summed E-state index contributed by atoms with van der Waals surface area (Å²) >= 11 is 0. The second-order valence-electron chi connectivity index (χ2n) is 15.3. The van der Waals surface area contributed by atoms with E-state index in [1.807, 2.05) is 6.07 Å². The molecule has 0 fully saturated rings. The SMILES string of the molecule is c1ccc(-c2ccc(-c3ccc(N(c4ccccc4)c4ccc(-c5ccc6c(c5)c(-c5cccc(-c7ccccc7)c5)cc5oc7ccccc7c56)cc4)cc3)cc2)cc1. The highest BCUT2D eigenvalue weighted by molar-refractivity contribution is 6.22. The minimum Gasteiger partial charge on any atom is -0.456 e. The van der Waals surface area contributed by atoms with E-state index in [9.17, 15) is 0 Å². The second kappa shape index (κ2) is 15.1. The van der Waals surface area contributed by atoms with Gasteiger partial charge in [0.1, 0.15) is 11.2 Å². The van der Waals surface area contributed by atoms with Crippen LogP contribution in [0.1, 0.15) is 0 Å². The highest BCUT2D eigenvalue weighted by Crippen LogP contribution is 2.43. The van der Waals surface area contributed by atoms with Crippen molar-refractivity contribution in [3.05, 3.63) is 237 Å². The molecule has 1 aromatic heterocycles. The van der Waals surface area contributed by atoms with Crippen LogP contribution in [0.15, 0.2) is 241 Å². The van der Waals surface area contributed by atoms with Gasteiger partial charge >= 0.3 is 0 Å². The Labute approximate surface area is 349 Å². The molecule has 0 amide bonds. The Morgan fingerprint density at radius 1 is 0.250 bits per heavy atom. The molecule has 0 spiro atoms. The van der Waals surface area contributed by atoms with Gasteiger partial charge in [-0.1, -0.05) is 176 Å². The van der Waals surface area contributed by atoms with Gasteiger partial charge < -0.3 is 9.32 Å². The lowest BCUT2D eigenvalue weighted by molar-refractivity contribution is 0.669. The molecule has 0 unspecified atom stereocenters. The molecule has 0 bridgehead atoms. The fourth-order valence-electron chi connectivity index (χ4n) is 8.67. The summed E-state index contributed by atoms with van der Waals surface area (Å²) in [6, 6.07) is 84.7. The molecule has 282 valence electrons. The fraction of sp³-hybridized carbons (Fsp3) is 0. The van der Waals surface area contributed by atoms with E-state index in [-0.39, 0.29) is 0 Å². The van der Waals surface area contributed by atoms with Crippen molar-refractivity contribution in [1.29, 1.82) is 0 Å². The van der Waals surface area contributed by atoms with Gasteiger partial charge in [-0.25, -0.2) is 0 Å². The Hall–Kier alpha value is -7.94. The monoisotopic (exact) mass is 765 g/mol. The van der Waals surface area contributed by atoms with Crippen LogP contribution in [0.2, 0.25) is 0 Å². The van der Waals surface area contributed by atoms with Crippen molar-refractivity contribution in [2.75, 3.05) is 4.90 Å². The third-order valence-electron chi connectivity index (χ3n) is 11.7. The molecule has 0 aliphatic rings. The molecule has 10 aromatic carbocycles. The molecule has 11 aromatic rings. The quantitative estimate of drug-likeness (QED) is 0.153. The van der Waals surface area contributed by atoms with E-state index in [1.165, 1.54) is 44.2 Å². The number of hydrogen-bond donors (Lipinski definition) is 0. The van der Waals surface area contributed by atoms with Gasteiger partial charge in [-0.05, 0) is 127 Å². The minimum absolute atomic E-state index is 0.899. The molecule has 0 saturated heterocycles. The molecule has 0 aliphatic heterocycles. The molecular formula is C58H39NO. The number of nitrogens with zero attached hydrogens (tertiary/aromatic N) is 1. The zero-order valence-electron chi connectivity index (χ0n) is 32.9. The zero-order valence-corrected chi connectivity index (χ0v) is 32.9. The fourth-order valence-corrected chi connectivity index (χ4v) is 8.67. The number of rotatable bonds is 8. The highest BCUT2D eigenvalue weighted by Gasteiger charge is 2.18.